The fourth-order valence-corrected chi connectivity index (χ4v) is 6.25. The minimum absolute atomic E-state index is 0.0593. The number of benzene rings is 2. The predicted octanol–water partition coefficient (Wildman–Crippen LogP) is 7.60. The molecule has 0 aliphatic heterocycles. The Morgan fingerprint density at radius 2 is 1.73 bits per heavy atom. The van der Waals surface area contributed by atoms with E-state index in [1.54, 1.807) is 34.0 Å². The quantitative estimate of drug-likeness (QED) is 0.173. The number of hydrogen-bond acceptors (Lipinski definition) is 9. The van der Waals surface area contributed by atoms with E-state index >= 15 is 4.39 Å². The minimum Gasteiger partial charge on any atom is -0.453 e. The Balaban J connectivity index is 1.54. The highest BCUT2D eigenvalue weighted by atomic mass is 35.5. The van der Waals surface area contributed by atoms with Crippen molar-refractivity contribution < 1.29 is 35.9 Å². The van der Waals surface area contributed by atoms with Gasteiger partial charge in [0.1, 0.15) is 22.1 Å². The van der Waals surface area contributed by atoms with Crippen molar-refractivity contribution in [2.75, 3.05) is 4.31 Å². The van der Waals surface area contributed by atoms with Gasteiger partial charge in [-0.1, -0.05) is 11.6 Å². The summed E-state index contributed by atoms with van der Waals surface area (Å²) in [5, 5.41) is 5.11. The van der Waals surface area contributed by atoms with Crippen LogP contribution >= 0.6 is 22.9 Å². The zero-order valence-corrected chi connectivity index (χ0v) is 26.3. The maximum atomic E-state index is 15.6. The molecular formula is C29H23ClF3N5O5S2. The number of ether oxygens (including phenoxy) is 2. The lowest BCUT2D eigenvalue weighted by molar-refractivity contribution is 0.0608. The van der Waals surface area contributed by atoms with Gasteiger partial charge in [0.05, 0.1) is 28.6 Å². The van der Waals surface area contributed by atoms with E-state index in [9.17, 15) is 22.0 Å². The number of nitrogens with zero attached hydrogens (tertiary/aromatic N) is 5. The lowest BCUT2D eigenvalue weighted by Gasteiger charge is -2.26. The second kappa shape index (κ2) is 12.1. The number of hydrogen-bond donors (Lipinski definition) is 0. The zero-order valence-electron chi connectivity index (χ0n) is 24.0. The summed E-state index contributed by atoms with van der Waals surface area (Å²) >= 11 is 7.43. The highest BCUT2D eigenvalue weighted by Crippen LogP contribution is 2.40. The number of rotatable bonds is 7. The van der Waals surface area contributed by atoms with Crippen molar-refractivity contribution >= 4 is 44.9 Å². The molecular weight excluding hydrogens is 655 g/mol. The lowest BCUT2D eigenvalue weighted by atomic mass is 10.0. The van der Waals surface area contributed by atoms with Crippen LogP contribution in [0.4, 0.5) is 23.8 Å². The van der Waals surface area contributed by atoms with E-state index in [1.807, 2.05) is 0 Å². The molecule has 1 amide bonds. The third-order valence-electron chi connectivity index (χ3n) is 6.01. The van der Waals surface area contributed by atoms with E-state index in [4.69, 9.17) is 21.1 Å². The Kier molecular flexibility index (Phi) is 8.62. The summed E-state index contributed by atoms with van der Waals surface area (Å²) in [5.74, 6) is -3.88. The molecule has 3 aromatic heterocycles. The molecule has 0 unspecified atom stereocenters. The van der Waals surface area contributed by atoms with E-state index < -0.39 is 44.1 Å². The molecule has 0 fully saturated rings. The highest BCUT2D eigenvalue weighted by Gasteiger charge is 2.38. The number of anilines is 1. The molecule has 5 rings (SSSR count). The molecule has 10 nitrogen and oxygen atoms in total. The van der Waals surface area contributed by atoms with Crippen LogP contribution in [0.3, 0.4) is 0 Å². The molecule has 234 valence electrons. The van der Waals surface area contributed by atoms with E-state index in [2.05, 4.69) is 15.1 Å². The number of carbonyl (C=O) groups is 1. The van der Waals surface area contributed by atoms with Crippen LogP contribution in [0.2, 0.25) is 5.02 Å². The molecule has 0 bridgehead atoms. The van der Waals surface area contributed by atoms with Crippen molar-refractivity contribution in [2.45, 2.75) is 31.3 Å². The average molecular weight is 678 g/mol. The summed E-state index contributed by atoms with van der Waals surface area (Å²) in [6.07, 6.45) is 3.14. The number of thiazole rings is 1. The third-order valence-corrected chi connectivity index (χ3v) is 8.56. The van der Waals surface area contributed by atoms with Gasteiger partial charge in [-0.25, -0.2) is 31.4 Å². The predicted molar refractivity (Wildman–Crippen MR) is 161 cm³/mol. The van der Waals surface area contributed by atoms with Gasteiger partial charge in [-0.3, -0.25) is 9.67 Å². The Morgan fingerprint density at radius 3 is 2.36 bits per heavy atom. The monoisotopic (exact) mass is 677 g/mol. The molecule has 0 N–H and O–H groups in total. The molecule has 5 aromatic rings. The number of sulfonamides is 1. The van der Waals surface area contributed by atoms with Gasteiger partial charge in [0.15, 0.2) is 23.2 Å². The van der Waals surface area contributed by atoms with E-state index in [-0.39, 0.29) is 37.9 Å². The summed E-state index contributed by atoms with van der Waals surface area (Å²) in [4.78, 5) is 20.2. The third kappa shape index (κ3) is 6.79. The number of pyridine rings is 1. The Morgan fingerprint density at radius 1 is 0.978 bits per heavy atom. The Bertz CT molecular complexity index is 2020. The van der Waals surface area contributed by atoms with Crippen molar-refractivity contribution in [3.8, 4) is 33.9 Å². The molecule has 0 spiro atoms. The van der Waals surface area contributed by atoms with Crippen molar-refractivity contribution in [3.63, 3.8) is 0 Å². The first-order chi connectivity index (χ1) is 21.1. The molecule has 0 aliphatic carbocycles. The molecule has 0 aliphatic rings. The molecule has 3 heterocycles. The molecule has 0 radical (unpaired) electrons. The smallest absolute Gasteiger partial charge is 0.430 e. The average Bonchev–Trinajstić information content (AvgIpc) is 3.63. The molecule has 45 heavy (non-hydrogen) atoms. The van der Waals surface area contributed by atoms with E-state index in [0.717, 1.165) is 35.6 Å². The van der Waals surface area contributed by atoms with Crippen molar-refractivity contribution in [3.05, 3.63) is 88.4 Å². The van der Waals surface area contributed by atoms with E-state index in [1.165, 1.54) is 40.1 Å². The van der Waals surface area contributed by atoms with Crippen LogP contribution in [-0.2, 0) is 21.8 Å². The normalized spacial score (nSPS) is 11.8. The summed E-state index contributed by atoms with van der Waals surface area (Å²) in [7, 11) is -3.24. The fourth-order valence-electron chi connectivity index (χ4n) is 4.05. The standard InChI is InChI=1S/C29H23ClF3N5O5S2/c1-29(2,3)43-28(39)38(27-14-44-15-35-27)45(40,41)26-9-19(30)24(10-22(26)33)42-25-12-34-23(16-5-6-20(31)21(32)7-16)8-18(25)17-11-36-37(4)13-17/h5-15H,1-4H3. The molecule has 16 heteroatoms. The van der Waals surface area contributed by atoms with Gasteiger partial charge in [-0.05, 0) is 51.1 Å². The van der Waals surface area contributed by atoms with Crippen LogP contribution in [0.5, 0.6) is 11.5 Å². The topological polar surface area (TPSA) is 117 Å². The number of halogens is 4. The van der Waals surface area contributed by atoms with Gasteiger partial charge in [-0.2, -0.15) is 5.10 Å². The highest BCUT2D eigenvalue weighted by molar-refractivity contribution is 7.93. The number of aromatic nitrogens is 4. The molecule has 0 atom stereocenters. The fraction of sp³-hybridized carbons (Fsp3) is 0.172. The first-order valence-electron chi connectivity index (χ1n) is 12.9. The van der Waals surface area contributed by atoms with Gasteiger partial charge in [0.25, 0.3) is 10.0 Å². The summed E-state index contributed by atoms with van der Waals surface area (Å²) in [5.41, 5.74) is 1.68. The molecule has 2 aromatic carbocycles. The number of aryl methyl sites for hydroxylation is 1. The first-order valence-corrected chi connectivity index (χ1v) is 15.7. The molecule has 0 saturated carbocycles. The second-order valence-corrected chi connectivity index (χ2v) is 13.4. The van der Waals surface area contributed by atoms with Crippen LogP contribution < -0.4 is 9.04 Å². The van der Waals surface area contributed by atoms with Crippen LogP contribution in [0.15, 0.2) is 70.8 Å². The van der Waals surface area contributed by atoms with Gasteiger partial charge < -0.3 is 9.47 Å². The number of amides is 1. The first kappa shape index (κ1) is 31.9. The van der Waals surface area contributed by atoms with Gasteiger partial charge in [0.2, 0.25) is 0 Å². The van der Waals surface area contributed by atoms with Crippen molar-refractivity contribution in [1.29, 1.82) is 0 Å². The van der Waals surface area contributed by atoms with Crippen molar-refractivity contribution in [2.24, 2.45) is 7.05 Å². The van der Waals surface area contributed by atoms with Crippen molar-refractivity contribution in [1.82, 2.24) is 19.7 Å². The largest absolute Gasteiger partial charge is 0.453 e. The zero-order chi connectivity index (χ0) is 32.7. The van der Waals surface area contributed by atoms with Crippen LogP contribution in [0.25, 0.3) is 22.4 Å². The lowest BCUT2D eigenvalue weighted by Crippen LogP contribution is -2.41. The van der Waals surface area contributed by atoms with Crippen LogP contribution in [0.1, 0.15) is 20.8 Å². The van der Waals surface area contributed by atoms with Gasteiger partial charge in [0, 0.05) is 41.4 Å². The van der Waals surface area contributed by atoms with E-state index in [0.29, 0.717) is 11.1 Å². The Labute approximate surface area is 264 Å². The summed E-state index contributed by atoms with van der Waals surface area (Å²) in [6, 6.07) is 6.40. The molecule has 0 saturated heterocycles. The maximum Gasteiger partial charge on any atom is 0.430 e. The number of carbonyl (C=O) groups excluding carboxylic acids is 1. The summed E-state index contributed by atoms with van der Waals surface area (Å²) < 4.78 is 83.3. The summed E-state index contributed by atoms with van der Waals surface area (Å²) in [6.45, 7) is 4.62. The second-order valence-electron chi connectivity index (χ2n) is 10.5. The minimum atomic E-state index is -4.92. The van der Waals surface area contributed by atoms with Crippen LogP contribution in [-0.4, -0.2) is 39.9 Å². The van der Waals surface area contributed by atoms with Crippen LogP contribution in [0, 0.1) is 17.5 Å². The Hall–Kier alpha value is -4.47. The van der Waals surface area contributed by atoms with Gasteiger partial charge in [-0.15, -0.1) is 15.6 Å². The maximum absolute atomic E-state index is 15.6. The SMILES string of the molecule is Cn1cc(-c2cc(-c3ccc(F)c(F)c3)ncc2Oc2cc(F)c(S(=O)(=O)N(C(=O)OC(C)(C)C)c3cscn3)cc2Cl)cn1. The van der Waals surface area contributed by atoms with Gasteiger partial charge >= 0.3 is 6.09 Å².